The van der Waals surface area contributed by atoms with Gasteiger partial charge in [-0.15, -0.1) is 45.3 Å². The quantitative estimate of drug-likeness (QED) is 0.0296. The van der Waals surface area contributed by atoms with Gasteiger partial charge in [0.2, 0.25) is 23.6 Å². The molecule has 19 rings (SSSR count). The minimum atomic E-state index is -2.96. The number of anilines is 4. The lowest BCUT2D eigenvalue weighted by atomic mass is 10.0. The van der Waals surface area contributed by atoms with Crippen molar-refractivity contribution in [2.24, 2.45) is 0 Å². The number of fused-ring (bicyclic) bond motifs is 4. The summed E-state index contributed by atoms with van der Waals surface area (Å²) in [5.41, 5.74) is 7.03. The molecule has 24 nitrogen and oxygen atoms in total. The number of hydrogen-bond donors (Lipinski definition) is 4. The Morgan fingerprint density at radius 1 is 0.312 bits per heavy atom. The molecular formula is C105H134FN11O13S8. The molecule has 7 fully saturated rings. The van der Waals surface area contributed by atoms with E-state index in [4.69, 9.17) is 4.74 Å². The van der Waals surface area contributed by atoms with E-state index >= 15 is 0 Å². The van der Waals surface area contributed by atoms with Crippen LogP contribution >= 0.6 is 45.3 Å². The third-order valence-electron chi connectivity index (χ3n) is 28.7. The molecule has 7 aliphatic heterocycles. The maximum atomic E-state index is 13.7. The van der Waals surface area contributed by atoms with Gasteiger partial charge >= 0.3 is 5.97 Å². The average molecular weight is 2030 g/mol. The molecule has 0 spiro atoms. The molecule has 0 bridgehead atoms. The van der Waals surface area contributed by atoms with Gasteiger partial charge in [-0.3, -0.25) is 33.6 Å². The molecule has 8 aromatic rings. The number of halogens is 1. The summed E-state index contributed by atoms with van der Waals surface area (Å²) in [6.07, 6.45) is 35.7. The van der Waals surface area contributed by atoms with Crippen LogP contribution in [0.25, 0.3) is 0 Å². The Balaban J connectivity index is 0.000000133. The third-order valence-corrected chi connectivity index (χ3v) is 42.4. The molecule has 11 aliphatic rings. The Bertz CT molecular complexity index is 6000. The summed E-state index contributed by atoms with van der Waals surface area (Å²) < 4.78 is 80.4. The van der Waals surface area contributed by atoms with E-state index in [1.807, 2.05) is 93.6 Å². The van der Waals surface area contributed by atoms with Gasteiger partial charge in [0.1, 0.15) is 50.0 Å². The fourth-order valence-electron chi connectivity index (χ4n) is 21.5. The molecule has 742 valence electrons. The Morgan fingerprint density at radius 3 is 0.804 bits per heavy atom. The number of carbonyl (C=O) groups is 8. The maximum absolute atomic E-state index is 13.7. The number of nitrogens with zero attached hydrogens (tertiary/aromatic N) is 7. The first-order chi connectivity index (χ1) is 66.7. The monoisotopic (exact) mass is 2030 g/mol. The Hall–Kier alpha value is -8.71. The SMILES string of the molecule is C=S(=O)(c1ccc(F)cc1)N1CCC[C@@H]1C(=O)Nc1sc2c(c1C(=O)N1CCCCC1)CCCCC2.C=S(=O)(c1ccccc1)N1CCC[C@@H]1C(=O)Nc1sc2c(c1C(=O)N1CCCCC1)CCCCC2.C=S(=O)(c1ccccc1)N1CCC[C@@H]1C(=O)Nc1sc2c(c1C(=O)OCC)CCCCC2.C=S(=O)(c1ccccc1)N1CCC[C@H]1C(=O)Nc1sc2c(c1C(=O)N1CCCCC1)CCCCC2. The van der Waals surface area contributed by atoms with Gasteiger partial charge in [-0.25, -0.2) is 43.2 Å². The number of likely N-dealkylation sites (tertiary alicyclic amines) is 3. The summed E-state index contributed by atoms with van der Waals surface area (Å²) in [7, 11) is -11.3. The number of thiophene rings is 4. The van der Waals surface area contributed by atoms with Crippen LogP contribution in [0.4, 0.5) is 24.4 Å². The number of amides is 7. The summed E-state index contributed by atoms with van der Waals surface area (Å²) in [4.78, 5) is 121. The highest BCUT2D eigenvalue weighted by molar-refractivity contribution is 7.99. The van der Waals surface area contributed by atoms with Crippen LogP contribution in [0.2, 0.25) is 0 Å². The van der Waals surface area contributed by atoms with Crippen LogP contribution in [0.15, 0.2) is 135 Å². The molecule has 4 aliphatic carbocycles. The molecule has 138 heavy (non-hydrogen) atoms. The van der Waals surface area contributed by atoms with Crippen molar-refractivity contribution in [3.63, 3.8) is 0 Å². The van der Waals surface area contributed by atoms with Gasteiger partial charge in [0.15, 0.2) is 0 Å². The number of aryl methyl sites for hydroxylation is 4. The van der Waals surface area contributed by atoms with Gasteiger partial charge in [0.05, 0.1) is 67.7 Å². The lowest BCUT2D eigenvalue weighted by molar-refractivity contribution is -0.119. The molecule has 33 heteroatoms. The summed E-state index contributed by atoms with van der Waals surface area (Å²) in [6, 6.07) is 30.8. The number of ether oxygens (including phenoxy) is 1. The second kappa shape index (κ2) is 46.6. The second-order valence-corrected chi connectivity index (χ2v) is 51.3. The van der Waals surface area contributed by atoms with Crippen LogP contribution in [0.5, 0.6) is 0 Å². The van der Waals surface area contributed by atoms with E-state index in [0.717, 1.165) is 246 Å². The topological polar surface area (TPSA) is 285 Å². The van der Waals surface area contributed by atoms with Crippen molar-refractivity contribution in [3.8, 4) is 0 Å². The summed E-state index contributed by atoms with van der Waals surface area (Å²) in [5.74, 6) is 14.6. The maximum Gasteiger partial charge on any atom is 0.341 e. The van der Waals surface area contributed by atoms with Crippen molar-refractivity contribution in [1.82, 2.24) is 31.9 Å². The zero-order valence-corrected chi connectivity index (χ0v) is 86.2. The molecule has 4 aromatic heterocycles. The van der Waals surface area contributed by atoms with Crippen LogP contribution in [-0.4, -0.2) is 216 Å². The lowest BCUT2D eigenvalue weighted by Crippen LogP contribution is -2.43. The Labute approximate surface area is 831 Å². The highest BCUT2D eigenvalue weighted by atomic mass is 32.2. The first-order valence-corrected chi connectivity index (χ1v) is 60.1. The summed E-state index contributed by atoms with van der Waals surface area (Å²) >= 11 is 6.17. The average Bonchev–Trinajstić information content (AvgIpc) is 1.62. The minimum Gasteiger partial charge on any atom is -0.462 e. The third kappa shape index (κ3) is 23.1. The minimum absolute atomic E-state index is 0.0277. The van der Waals surface area contributed by atoms with Gasteiger partial charge in [0.25, 0.3) is 17.7 Å². The smallest absolute Gasteiger partial charge is 0.341 e. The molecule has 11 heterocycles. The van der Waals surface area contributed by atoms with Crippen LogP contribution in [0.3, 0.4) is 0 Å². The molecule has 8 atom stereocenters. The zero-order chi connectivity index (χ0) is 96.8. The van der Waals surface area contributed by atoms with Gasteiger partial charge in [-0.05, 0) is 325 Å². The number of esters is 1. The van der Waals surface area contributed by atoms with Crippen molar-refractivity contribution >= 4 is 175 Å². The largest absolute Gasteiger partial charge is 0.462 e. The number of piperidine rings is 3. The normalized spacial score (nSPS) is 22.2. The van der Waals surface area contributed by atoms with Crippen molar-refractivity contribution in [3.05, 3.63) is 185 Å². The molecule has 0 radical (unpaired) electrons. The van der Waals surface area contributed by atoms with Crippen LogP contribution in [0, 0.1) is 5.82 Å². The predicted molar refractivity (Wildman–Crippen MR) is 561 cm³/mol. The van der Waals surface area contributed by atoms with E-state index in [9.17, 15) is 59.6 Å². The Kier molecular flexibility index (Phi) is 34.5. The van der Waals surface area contributed by atoms with Crippen LogP contribution < -0.4 is 21.3 Å². The first kappa shape index (κ1) is 102. The molecule has 7 amide bonds. The van der Waals surface area contributed by atoms with Crippen molar-refractivity contribution in [2.75, 3.05) is 93.3 Å². The number of carbonyl (C=O) groups excluding carboxylic acids is 8. The summed E-state index contributed by atoms with van der Waals surface area (Å²) in [6.45, 7) is 8.87. The predicted octanol–water partition coefficient (Wildman–Crippen LogP) is 18.6. The zero-order valence-electron chi connectivity index (χ0n) is 79.6. The van der Waals surface area contributed by atoms with Crippen LogP contribution in [-0.2, 0) is 114 Å². The summed E-state index contributed by atoms with van der Waals surface area (Å²) in [5, 5.41) is 14.9. The number of nitrogens with one attached hydrogen (secondary N) is 4. The number of hydrogen-bond acceptors (Lipinski definition) is 17. The van der Waals surface area contributed by atoms with Crippen molar-refractivity contribution in [2.45, 2.75) is 288 Å². The lowest BCUT2D eigenvalue weighted by Gasteiger charge is -2.28. The first-order valence-electron chi connectivity index (χ1n) is 50.1. The van der Waals surface area contributed by atoms with Crippen molar-refractivity contribution in [1.29, 1.82) is 0 Å². The highest BCUT2D eigenvalue weighted by Crippen LogP contribution is 2.46. The molecular weight excluding hydrogens is 1900 g/mol. The standard InChI is InChI=1S/C27H34FN3O3S2.2C27H35N3O3S2.C24H30N2O4S2/c1-36(34,20-14-12-19(28)13-15-20)31-18-8-10-22(31)25(32)29-26-24(27(33)30-16-6-3-7-17-30)21-9-4-2-5-11-23(21)35-26;2*1-35(33,20-12-5-2-6-13-20)30-19-11-15-22(30)25(31)28-26-24(27(32)29-17-9-4-10-18-29)21-14-7-3-8-16-23(21)34-26;1-3-30-24(28)21-18-13-8-5-9-15-20(18)31-23(21)25-22(27)19-14-10-16-26(19)32(2,29)17-11-6-4-7-12-17/h12-15,22H,1-11,16-18H2,(H,29,32);2*2,5-6,12-13,22H,1,3-4,7-11,14-19H2,(H,28,31);4,6-7,11-12,19H,2-3,5,8-10,13-16H2,1H3,(H,25,27)/t22-,36?;2*22-,35?;19-,32?/m1101/s1. The van der Waals surface area contributed by atoms with Gasteiger partial charge < -0.3 is 40.7 Å². The number of benzene rings is 4. The van der Waals surface area contributed by atoms with E-state index in [2.05, 4.69) is 44.7 Å². The van der Waals surface area contributed by atoms with E-state index in [1.54, 1.807) is 59.0 Å². The van der Waals surface area contributed by atoms with Gasteiger partial charge in [0, 0.05) is 105 Å². The fraction of sp³-hybridized carbons (Fsp3) is 0.505. The molecule has 7 saturated heterocycles. The Morgan fingerprint density at radius 2 is 0.543 bits per heavy atom. The molecule has 4 unspecified atom stereocenters. The van der Waals surface area contributed by atoms with E-state index in [-0.39, 0.29) is 53.9 Å². The van der Waals surface area contributed by atoms with Crippen molar-refractivity contribution < 1.29 is 64.3 Å². The van der Waals surface area contributed by atoms with E-state index in [0.29, 0.717) is 120 Å². The van der Waals surface area contributed by atoms with Gasteiger partial charge in [-0.2, -0.15) is 0 Å². The second-order valence-electron chi connectivity index (χ2n) is 38.0. The number of rotatable bonds is 21. The van der Waals surface area contributed by atoms with E-state index in [1.165, 1.54) is 87.3 Å². The molecule has 4 aromatic carbocycles. The van der Waals surface area contributed by atoms with Gasteiger partial charge in [-0.1, -0.05) is 80.3 Å². The molecule has 4 N–H and O–H groups in total. The van der Waals surface area contributed by atoms with E-state index < -0.39 is 68.8 Å². The fourth-order valence-corrected chi connectivity index (χ4v) is 34.1. The molecule has 0 saturated carbocycles. The van der Waals surface area contributed by atoms with Crippen LogP contribution in [0.1, 0.15) is 276 Å². The highest BCUT2D eigenvalue weighted by Gasteiger charge is 2.44.